The number of alkyl halides is 3. The molecule has 1 aliphatic heterocycles. The molecule has 2 aromatic heterocycles. The van der Waals surface area contributed by atoms with Gasteiger partial charge in [-0.25, -0.2) is 0 Å². The number of aromatic amines is 1. The second-order valence-corrected chi connectivity index (χ2v) is 7.32. The molecule has 8 nitrogen and oxygen atoms in total. The van der Waals surface area contributed by atoms with E-state index in [-0.39, 0.29) is 42.8 Å². The smallest absolute Gasteiger partial charge is 0.365 e. The number of carbonyl (C=O) groups is 1. The van der Waals surface area contributed by atoms with E-state index in [1.54, 1.807) is 4.90 Å². The Morgan fingerprint density at radius 2 is 2.13 bits per heavy atom. The van der Waals surface area contributed by atoms with Gasteiger partial charge in [-0.3, -0.25) is 9.89 Å². The van der Waals surface area contributed by atoms with Crippen molar-refractivity contribution in [1.29, 1.82) is 0 Å². The van der Waals surface area contributed by atoms with Crippen molar-refractivity contribution in [2.45, 2.75) is 32.5 Å². The van der Waals surface area contributed by atoms with Crippen molar-refractivity contribution in [2.24, 2.45) is 0 Å². The van der Waals surface area contributed by atoms with Crippen molar-refractivity contribution in [3.8, 4) is 11.4 Å². The van der Waals surface area contributed by atoms with E-state index in [0.717, 1.165) is 29.1 Å². The second-order valence-electron chi connectivity index (χ2n) is 7.32. The first kappa shape index (κ1) is 21.0. The molecule has 1 fully saturated rings. The summed E-state index contributed by atoms with van der Waals surface area (Å²) in [6.45, 7) is 4.60. The van der Waals surface area contributed by atoms with Gasteiger partial charge in [0.25, 0.3) is 5.89 Å². The van der Waals surface area contributed by atoms with Crippen LogP contribution in [-0.4, -0.2) is 50.8 Å². The van der Waals surface area contributed by atoms with E-state index in [1.807, 2.05) is 13.8 Å². The van der Waals surface area contributed by atoms with Crippen LogP contribution in [0.1, 0.15) is 34.5 Å². The van der Waals surface area contributed by atoms with Crippen LogP contribution in [0, 0.1) is 13.8 Å². The zero-order valence-electron chi connectivity index (χ0n) is 16.9. The summed E-state index contributed by atoms with van der Waals surface area (Å²) in [4.78, 5) is 18.6. The average Bonchev–Trinajstić information content (AvgIpc) is 3.36. The molecule has 0 aliphatic carbocycles. The SMILES string of the molecule is Cc1n[nH]c(C)c1CC(=O)N1CCO[C@H](c2nc(-c3cccc(C(F)(F)F)c3)no2)C1. The van der Waals surface area contributed by atoms with E-state index in [1.165, 1.54) is 12.1 Å². The monoisotopic (exact) mass is 435 g/mol. The van der Waals surface area contributed by atoms with Crippen LogP contribution in [0.4, 0.5) is 13.2 Å². The van der Waals surface area contributed by atoms with E-state index in [9.17, 15) is 18.0 Å². The number of benzene rings is 1. The van der Waals surface area contributed by atoms with E-state index < -0.39 is 17.8 Å². The number of nitrogens with zero attached hydrogens (tertiary/aromatic N) is 4. The zero-order valence-corrected chi connectivity index (χ0v) is 16.9. The lowest BCUT2D eigenvalue weighted by molar-refractivity contribution is -0.139. The molecule has 0 bridgehead atoms. The Kier molecular flexibility index (Phi) is 5.52. The van der Waals surface area contributed by atoms with Crippen molar-refractivity contribution in [2.75, 3.05) is 19.7 Å². The number of H-pyrrole nitrogens is 1. The fourth-order valence-corrected chi connectivity index (χ4v) is 3.44. The van der Waals surface area contributed by atoms with Gasteiger partial charge in [0.1, 0.15) is 0 Å². The van der Waals surface area contributed by atoms with Gasteiger partial charge in [-0.2, -0.15) is 23.3 Å². The molecule has 1 amide bonds. The number of hydrogen-bond donors (Lipinski definition) is 1. The minimum atomic E-state index is -4.47. The molecule has 3 aromatic rings. The highest BCUT2D eigenvalue weighted by Crippen LogP contribution is 2.32. The van der Waals surface area contributed by atoms with Crippen molar-refractivity contribution in [1.82, 2.24) is 25.2 Å². The predicted molar refractivity (Wildman–Crippen MR) is 102 cm³/mol. The molecule has 0 spiro atoms. The maximum absolute atomic E-state index is 13.0. The topological polar surface area (TPSA) is 97.1 Å². The first-order valence-electron chi connectivity index (χ1n) is 9.63. The summed E-state index contributed by atoms with van der Waals surface area (Å²) >= 11 is 0. The third-order valence-electron chi connectivity index (χ3n) is 5.19. The third-order valence-corrected chi connectivity index (χ3v) is 5.19. The molecule has 1 saturated heterocycles. The predicted octanol–water partition coefficient (Wildman–Crippen LogP) is 3.24. The van der Waals surface area contributed by atoms with Crippen LogP contribution in [0.25, 0.3) is 11.4 Å². The van der Waals surface area contributed by atoms with Crippen molar-refractivity contribution >= 4 is 5.91 Å². The number of rotatable bonds is 4. The molecular formula is C20H20F3N5O3. The standard InChI is InChI=1S/C20H20F3N5O3/c1-11-15(12(2)26-25-11)9-17(29)28-6-7-30-16(10-28)19-24-18(27-31-19)13-4-3-5-14(8-13)20(21,22)23/h3-5,8,16H,6-7,9-10H2,1-2H3,(H,25,26)/t16-/m0/s1. The molecule has 0 unspecified atom stereocenters. The Morgan fingerprint density at radius 3 is 2.84 bits per heavy atom. The maximum atomic E-state index is 13.0. The summed E-state index contributed by atoms with van der Waals surface area (Å²) in [6.07, 6.45) is -4.92. The molecular weight excluding hydrogens is 415 g/mol. The van der Waals surface area contributed by atoms with E-state index >= 15 is 0 Å². The summed E-state index contributed by atoms with van der Waals surface area (Å²) < 4.78 is 49.8. The van der Waals surface area contributed by atoms with Gasteiger partial charge in [0, 0.05) is 23.4 Å². The lowest BCUT2D eigenvalue weighted by Crippen LogP contribution is -2.43. The number of hydrogen-bond acceptors (Lipinski definition) is 6. The number of amides is 1. The highest BCUT2D eigenvalue weighted by atomic mass is 19.4. The Morgan fingerprint density at radius 1 is 1.32 bits per heavy atom. The van der Waals surface area contributed by atoms with Gasteiger partial charge in [0.15, 0.2) is 6.10 Å². The molecule has 164 valence electrons. The van der Waals surface area contributed by atoms with Gasteiger partial charge in [-0.15, -0.1) is 0 Å². The molecule has 4 rings (SSSR count). The van der Waals surface area contributed by atoms with Crippen LogP contribution in [-0.2, 0) is 22.1 Å². The highest BCUT2D eigenvalue weighted by Gasteiger charge is 2.32. The average molecular weight is 435 g/mol. The first-order valence-corrected chi connectivity index (χ1v) is 9.63. The van der Waals surface area contributed by atoms with E-state index in [4.69, 9.17) is 9.26 Å². The molecule has 1 aliphatic rings. The summed E-state index contributed by atoms with van der Waals surface area (Å²) in [5, 5.41) is 10.8. The summed E-state index contributed by atoms with van der Waals surface area (Å²) in [5.74, 6) is 0.0527. The number of carbonyl (C=O) groups excluding carboxylic acids is 1. The fourth-order valence-electron chi connectivity index (χ4n) is 3.44. The number of aromatic nitrogens is 4. The first-order chi connectivity index (χ1) is 14.7. The van der Waals surface area contributed by atoms with Crippen LogP contribution in [0.3, 0.4) is 0 Å². The molecule has 1 N–H and O–H groups in total. The van der Waals surface area contributed by atoms with Gasteiger partial charge in [-0.05, 0) is 26.0 Å². The Hall–Kier alpha value is -3.21. The molecule has 1 atom stereocenters. The number of nitrogens with one attached hydrogen (secondary N) is 1. The quantitative estimate of drug-likeness (QED) is 0.676. The van der Waals surface area contributed by atoms with Crippen molar-refractivity contribution in [3.63, 3.8) is 0 Å². The molecule has 11 heteroatoms. The van der Waals surface area contributed by atoms with Gasteiger partial charge >= 0.3 is 6.18 Å². The molecule has 0 saturated carbocycles. The lowest BCUT2D eigenvalue weighted by Gasteiger charge is -2.31. The van der Waals surface area contributed by atoms with Gasteiger partial charge in [0.2, 0.25) is 11.7 Å². The molecule has 31 heavy (non-hydrogen) atoms. The second kappa shape index (κ2) is 8.14. The fraction of sp³-hybridized carbons (Fsp3) is 0.400. The van der Waals surface area contributed by atoms with Gasteiger partial charge in [0.05, 0.1) is 30.8 Å². The van der Waals surface area contributed by atoms with Gasteiger partial charge in [-0.1, -0.05) is 17.3 Å². The van der Waals surface area contributed by atoms with E-state index in [2.05, 4.69) is 20.3 Å². The number of halogens is 3. The van der Waals surface area contributed by atoms with Crippen molar-refractivity contribution < 1.29 is 27.2 Å². The number of morpholine rings is 1. The van der Waals surface area contributed by atoms with Crippen molar-refractivity contribution in [3.05, 3.63) is 52.7 Å². The van der Waals surface area contributed by atoms with Crippen LogP contribution in [0.15, 0.2) is 28.8 Å². The molecule has 0 radical (unpaired) electrons. The Bertz CT molecular complexity index is 1070. The van der Waals surface area contributed by atoms with Crippen LogP contribution < -0.4 is 0 Å². The number of aryl methyl sites for hydroxylation is 2. The summed E-state index contributed by atoms with van der Waals surface area (Å²) in [5.41, 5.74) is 1.86. The highest BCUT2D eigenvalue weighted by molar-refractivity contribution is 5.79. The summed E-state index contributed by atoms with van der Waals surface area (Å²) in [7, 11) is 0. The van der Waals surface area contributed by atoms with Gasteiger partial charge < -0.3 is 14.2 Å². The zero-order chi connectivity index (χ0) is 22.2. The molecule has 1 aromatic carbocycles. The maximum Gasteiger partial charge on any atom is 0.416 e. The van der Waals surface area contributed by atoms with Crippen LogP contribution in [0.5, 0.6) is 0 Å². The normalized spacial score (nSPS) is 17.2. The Labute approximate surface area is 175 Å². The largest absolute Gasteiger partial charge is 0.416 e. The van der Waals surface area contributed by atoms with E-state index in [0.29, 0.717) is 6.54 Å². The number of ether oxygens (including phenoxy) is 1. The van der Waals surface area contributed by atoms with Crippen LogP contribution in [0.2, 0.25) is 0 Å². The summed E-state index contributed by atoms with van der Waals surface area (Å²) in [6, 6.07) is 4.69. The molecule has 3 heterocycles. The minimum Gasteiger partial charge on any atom is -0.365 e. The Balaban J connectivity index is 1.47. The third kappa shape index (κ3) is 4.46. The minimum absolute atomic E-state index is 0.0257. The van der Waals surface area contributed by atoms with Crippen LogP contribution >= 0.6 is 0 Å². The lowest BCUT2D eigenvalue weighted by atomic mass is 10.1.